The normalized spacial score (nSPS) is 11.1. The van der Waals surface area contributed by atoms with Gasteiger partial charge in [-0.15, -0.1) is 58.7 Å². The zero-order valence-electron chi connectivity index (χ0n) is 35.9. The molecule has 0 atom stereocenters. The Morgan fingerprint density at radius 2 is 0.877 bits per heavy atom. The molecule has 0 fully saturated rings. The molecule has 0 unspecified atom stereocenters. The van der Waals surface area contributed by atoms with Gasteiger partial charge in [-0.2, -0.15) is 22.9 Å². The van der Waals surface area contributed by atoms with E-state index in [9.17, 15) is 0 Å². The first-order valence-electron chi connectivity index (χ1n) is 21.1. The Hall–Kier alpha value is -6.55. The summed E-state index contributed by atoms with van der Waals surface area (Å²) in [4.78, 5) is 18.8. The van der Waals surface area contributed by atoms with Gasteiger partial charge in [-0.1, -0.05) is 158 Å². The molecule has 0 aliphatic heterocycles. The standard InChI is InChI=1S/C56H41N5O2.Pd.Pt/c1-36(2)46-30-40(48-20-11-13-26-57-48)32-52(54(46)38-16-7-5-8-17-38)62-42-22-24-44-45-25-23-43(35-51(45)61(50(44)34-42)56-59-28-15-29-60-56)63-53-33-41(49-21-12-14-27-58-49)31-47(37(3)4)55(53)39-18-9-6-10-19-39;;/h5-31,36-37H,1-4H3;;/q-4;2*+2. The van der Waals surface area contributed by atoms with E-state index in [1.165, 1.54) is 0 Å². The Balaban J connectivity index is 0.00000288. The van der Waals surface area contributed by atoms with Crippen LogP contribution >= 0.6 is 0 Å². The Bertz CT molecular complexity index is 3020. The first kappa shape index (κ1) is 45.0. The number of hydrogen-bond donors (Lipinski definition) is 0. The second kappa shape index (κ2) is 19.7. The number of ether oxygens (including phenoxy) is 2. The molecule has 0 amide bonds. The van der Waals surface area contributed by atoms with E-state index in [0.717, 1.165) is 77.7 Å². The third-order valence-corrected chi connectivity index (χ3v) is 11.1. The maximum atomic E-state index is 6.91. The molecule has 10 rings (SSSR count). The van der Waals surface area contributed by atoms with Crippen molar-refractivity contribution in [2.24, 2.45) is 0 Å². The van der Waals surface area contributed by atoms with Gasteiger partial charge in [0.05, 0.1) is 0 Å². The summed E-state index contributed by atoms with van der Waals surface area (Å²) in [6, 6.07) is 61.0. The first-order valence-corrected chi connectivity index (χ1v) is 21.1. The Morgan fingerprint density at radius 3 is 1.28 bits per heavy atom. The van der Waals surface area contributed by atoms with Crippen molar-refractivity contribution in [3.05, 3.63) is 200 Å². The SMILES string of the molecule is CC(C)c1cc(-c2ccccn2)[c-]c(Oc2[c-]c3c(cc2)c2ccc(Oc4[c-]c(-c5ccccn5)cc(C(C)C)c4-c4ccccc4)[c-]c2n3-c2ncccn2)c1-c1ccccc1.[Pd+2].[Pt+2]. The third-order valence-electron chi connectivity index (χ3n) is 11.1. The molecule has 65 heavy (non-hydrogen) atoms. The quantitative estimate of drug-likeness (QED) is 0.0949. The number of benzene rings is 6. The minimum absolute atomic E-state index is 0. The van der Waals surface area contributed by atoms with Gasteiger partial charge in [-0.25, -0.2) is 9.97 Å². The molecule has 0 bridgehead atoms. The maximum absolute atomic E-state index is 6.91. The van der Waals surface area contributed by atoms with Gasteiger partial charge in [-0.05, 0) is 41.4 Å². The topological polar surface area (TPSA) is 75.0 Å². The molecular weight excluding hydrogens is 1080 g/mol. The van der Waals surface area contributed by atoms with Crippen molar-refractivity contribution >= 4 is 21.8 Å². The summed E-state index contributed by atoms with van der Waals surface area (Å²) < 4.78 is 15.8. The summed E-state index contributed by atoms with van der Waals surface area (Å²) in [6.45, 7) is 8.78. The average molecular weight is 1120 g/mol. The van der Waals surface area contributed by atoms with Crippen LogP contribution in [0.15, 0.2) is 164 Å². The molecule has 0 aliphatic rings. The molecule has 0 radical (unpaired) electrons. The van der Waals surface area contributed by atoms with Gasteiger partial charge in [0.25, 0.3) is 0 Å². The van der Waals surface area contributed by atoms with Crippen LogP contribution in [0.2, 0.25) is 0 Å². The van der Waals surface area contributed by atoms with Gasteiger partial charge in [0.1, 0.15) is 0 Å². The van der Waals surface area contributed by atoms with Crippen molar-refractivity contribution in [1.82, 2.24) is 24.5 Å². The number of nitrogens with zero attached hydrogens (tertiary/aromatic N) is 5. The van der Waals surface area contributed by atoms with E-state index < -0.39 is 0 Å². The van der Waals surface area contributed by atoms with E-state index in [-0.39, 0.29) is 53.3 Å². The second-order valence-corrected chi connectivity index (χ2v) is 15.9. The van der Waals surface area contributed by atoms with Crippen LogP contribution in [-0.2, 0) is 41.5 Å². The van der Waals surface area contributed by atoms with Crippen molar-refractivity contribution in [2.45, 2.75) is 39.5 Å². The fourth-order valence-electron chi connectivity index (χ4n) is 8.12. The average Bonchev–Trinajstić information content (AvgIpc) is 3.65. The number of fused-ring (bicyclic) bond motifs is 3. The predicted molar refractivity (Wildman–Crippen MR) is 250 cm³/mol. The monoisotopic (exact) mass is 1120 g/mol. The molecular formula is C56H41N5O2PdPt. The van der Waals surface area contributed by atoms with Crippen LogP contribution in [0.25, 0.3) is 72.5 Å². The summed E-state index contributed by atoms with van der Waals surface area (Å²) >= 11 is 0. The van der Waals surface area contributed by atoms with Gasteiger partial charge in [0, 0.05) is 47.8 Å². The van der Waals surface area contributed by atoms with E-state index in [1.54, 1.807) is 30.9 Å². The summed E-state index contributed by atoms with van der Waals surface area (Å²) in [5.74, 6) is 3.03. The van der Waals surface area contributed by atoms with E-state index >= 15 is 0 Å². The van der Waals surface area contributed by atoms with E-state index in [0.29, 0.717) is 28.9 Å². The van der Waals surface area contributed by atoms with Crippen molar-refractivity contribution in [3.63, 3.8) is 0 Å². The second-order valence-electron chi connectivity index (χ2n) is 15.9. The zero-order chi connectivity index (χ0) is 42.9. The van der Waals surface area contributed by atoms with Crippen LogP contribution in [0, 0.1) is 24.3 Å². The van der Waals surface area contributed by atoms with Crippen LogP contribution in [0.4, 0.5) is 0 Å². The largest absolute Gasteiger partial charge is 2.00 e. The number of pyridine rings is 2. The van der Waals surface area contributed by atoms with Crippen LogP contribution < -0.4 is 9.47 Å². The van der Waals surface area contributed by atoms with Crippen LogP contribution in [-0.4, -0.2) is 24.5 Å². The molecule has 7 nitrogen and oxygen atoms in total. The van der Waals surface area contributed by atoms with Gasteiger partial charge in [-0.3, -0.25) is 0 Å². The Kier molecular flexibility index (Phi) is 13.6. The third kappa shape index (κ3) is 9.08. The van der Waals surface area contributed by atoms with Gasteiger partial charge < -0.3 is 24.0 Å². The van der Waals surface area contributed by atoms with Gasteiger partial charge in [0.2, 0.25) is 5.95 Å². The molecule has 6 aromatic carbocycles. The fraction of sp³-hybridized carbons (Fsp3) is 0.107. The van der Waals surface area contributed by atoms with Crippen molar-refractivity contribution in [2.75, 3.05) is 0 Å². The molecule has 9 heteroatoms. The van der Waals surface area contributed by atoms with Gasteiger partial charge in [0.15, 0.2) is 0 Å². The van der Waals surface area contributed by atoms with Crippen molar-refractivity contribution in [1.29, 1.82) is 0 Å². The predicted octanol–water partition coefficient (Wildman–Crippen LogP) is 14.1. The van der Waals surface area contributed by atoms with Crippen molar-refractivity contribution < 1.29 is 51.0 Å². The summed E-state index contributed by atoms with van der Waals surface area (Å²) in [7, 11) is 0. The Labute approximate surface area is 407 Å². The summed E-state index contributed by atoms with van der Waals surface area (Å²) in [5, 5.41) is 1.86. The summed E-state index contributed by atoms with van der Waals surface area (Å²) in [6.07, 6.45) is 7.06. The van der Waals surface area contributed by atoms with Crippen molar-refractivity contribution in [3.8, 4) is 73.7 Å². The minimum atomic E-state index is 0. The Morgan fingerprint density at radius 1 is 0.462 bits per heavy atom. The molecule has 0 saturated carbocycles. The van der Waals surface area contributed by atoms with E-state index in [1.807, 2.05) is 89.5 Å². The molecule has 4 aromatic heterocycles. The van der Waals surface area contributed by atoms with Crippen LogP contribution in [0.5, 0.6) is 23.0 Å². The molecule has 0 spiro atoms. The first-order chi connectivity index (χ1) is 30.9. The fourth-order valence-corrected chi connectivity index (χ4v) is 8.12. The van der Waals surface area contributed by atoms with E-state index in [4.69, 9.17) is 19.4 Å². The number of rotatable bonds is 11. The molecule has 10 aromatic rings. The molecule has 4 heterocycles. The number of hydrogen-bond acceptors (Lipinski definition) is 6. The van der Waals surface area contributed by atoms with Crippen LogP contribution in [0.1, 0.15) is 50.7 Å². The smallest absolute Gasteiger partial charge is 0.502 e. The van der Waals surface area contributed by atoms with Gasteiger partial charge >= 0.3 is 41.5 Å². The maximum Gasteiger partial charge on any atom is 2.00 e. The molecule has 0 saturated heterocycles. The molecule has 322 valence electrons. The molecule has 0 aliphatic carbocycles. The number of aromatic nitrogens is 5. The summed E-state index contributed by atoms with van der Waals surface area (Å²) in [5.41, 5.74) is 11.1. The van der Waals surface area contributed by atoms with Crippen LogP contribution in [0.3, 0.4) is 0 Å². The van der Waals surface area contributed by atoms with E-state index in [2.05, 4.69) is 110 Å². The molecule has 0 N–H and O–H groups in total. The zero-order valence-corrected chi connectivity index (χ0v) is 39.8. The minimum Gasteiger partial charge on any atom is -0.502 e.